The summed E-state index contributed by atoms with van der Waals surface area (Å²) < 4.78 is 9.70. The lowest BCUT2D eigenvalue weighted by Gasteiger charge is -2.06. The molecule has 1 aromatic rings. The molecule has 0 heterocycles. The molecule has 0 aliphatic heterocycles. The minimum absolute atomic E-state index is 0.116. The average molecular weight is 240 g/mol. The summed E-state index contributed by atoms with van der Waals surface area (Å²) in [5.74, 6) is 0.464. The van der Waals surface area contributed by atoms with E-state index in [2.05, 4.69) is 5.32 Å². The molecule has 0 saturated carbocycles. The van der Waals surface area contributed by atoms with E-state index in [1.807, 2.05) is 0 Å². The van der Waals surface area contributed by atoms with Crippen LogP contribution in [0, 0.1) is 10.1 Å². The Hall–Kier alpha value is -2.31. The van der Waals surface area contributed by atoms with Crippen LogP contribution in [0.25, 0.3) is 0 Å². The first-order chi connectivity index (χ1) is 8.08. The summed E-state index contributed by atoms with van der Waals surface area (Å²) in [6.45, 7) is -0.187. The number of nitro groups is 1. The predicted molar refractivity (Wildman–Crippen MR) is 58.9 cm³/mol. The Labute approximate surface area is 97.5 Å². The van der Waals surface area contributed by atoms with Gasteiger partial charge in [0, 0.05) is 13.1 Å². The minimum Gasteiger partial charge on any atom is -0.497 e. The molecule has 0 spiro atoms. The van der Waals surface area contributed by atoms with Crippen molar-refractivity contribution in [3.8, 4) is 5.75 Å². The summed E-state index contributed by atoms with van der Waals surface area (Å²) in [5, 5.41) is 13.0. The summed E-state index contributed by atoms with van der Waals surface area (Å²) in [5.41, 5.74) is 0.160. The number of hydrogen-bond donors (Lipinski definition) is 1. The number of nitrogens with one attached hydrogen (secondary N) is 1. The van der Waals surface area contributed by atoms with Gasteiger partial charge in [-0.05, 0) is 12.1 Å². The van der Waals surface area contributed by atoms with E-state index in [1.165, 1.54) is 32.4 Å². The van der Waals surface area contributed by atoms with Crippen LogP contribution >= 0.6 is 0 Å². The Morgan fingerprint density at radius 3 is 2.76 bits per heavy atom. The molecule has 7 nitrogen and oxygen atoms in total. The SMILES string of the molecule is CNC(=O)OCc1cc(OC)ccc1[N+](=O)[O-]. The van der Waals surface area contributed by atoms with Gasteiger partial charge in [0.15, 0.2) is 0 Å². The molecule has 0 fully saturated rings. The van der Waals surface area contributed by atoms with Gasteiger partial charge in [0.1, 0.15) is 12.4 Å². The number of methoxy groups -OCH3 is 1. The van der Waals surface area contributed by atoms with Crippen molar-refractivity contribution >= 4 is 11.8 Å². The van der Waals surface area contributed by atoms with E-state index in [0.29, 0.717) is 5.75 Å². The first-order valence-electron chi connectivity index (χ1n) is 4.74. The molecule has 1 aromatic carbocycles. The molecule has 17 heavy (non-hydrogen) atoms. The van der Waals surface area contributed by atoms with E-state index >= 15 is 0 Å². The molecule has 1 amide bonds. The monoisotopic (exact) mass is 240 g/mol. The van der Waals surface area contributed by atoms with E-state index in [-0.39, 0.29) is 17.9 Å². The van der Waals surface area contributed by atoms with Crippen LogP contribution in [0.1, 0.15) is 5.56 Å². The van der Waals surface area contributed by atoms with Crippen LogP contribution in [0.5, 0.6) is 5.75 Å². The van der Waals surface area contributed by atoms with E-state index in [0.717, 1.165) is 0 Å². The molecular weight excluding hydrogens is 228 g/mol. The Kier molecular flexibility index (Phi) is 4.27. The molecule has 7 heteroatoms. The largest absolute Gasteiger partial charge is 0.497 e. The maximum absolute atomic E-state index is 10.9. The summed E-state index contributed by atoms with van der Waals surface area (Å²) in [4.78, 5) is 21.1. The van der Waals surface area contributed by atoms with Crippen LogP contribution in [0.15, 0.2) is 18.2 Å². The van der Waals surface area contributed by atoms with Crippen molar-refractivity contribution in [2.75, 3.05) is 14.2 Å². The Bertz CT molecular complexity index is 433. The van der Waals surface area contributed by atoms with Gasteiger partial charge in [-0.15, -0.1) is 0 Å². The van der Waals surface area contributed by atoms with Crippen LogP contribution in [0.3, 0.4) is 0 Å². The zero-order valence-corrected chi connectivity index (χ0v) is 9.43. The number of rotatable bonds is 4. The maximum atomic E-state index is 10.9. The van der Waals surface area contributed by atoms with Crippen molar-refractivity contribution in [3.05, 3.63) is 33.9 Å². The van der Waals surface area contributed by atoms with Crippen molar-refractivity contribution in [1.29, 1.82) is 0 Å². The van der Waals surface area contributed by atoms with Gasteiger partial charge in [-0.2, -0.15) is 0 Å². The number of ether oxygens (including phenoxy) is 2. The molecule has 0 atom stereocenters. The molecule has 0 radical (unpaired) electrons. The second-order valence-electron chi connectivity index (χ2n) is 3.08. The van der Waals surface area contributed by atoms with Crippen molar-refractivity contribution in [1.82, 2.24) is 5.32 Å². The molecule has 1 rings (SSSR count). The van der Waals surface area contributed by atoms with Crippen molar-refractivity contribution in [2.45, 2.75) is 6.61 Å². The van der Waals surface area contributed by atoms with Crippen molar-refractivity contribution in [2.24, 2.45) is 0 Å². The van der Waals surface area contributed by atoms with Gasteiger partial charge in [0.25, 0.3) is 5.69 Å². The van der Waals surface area contributed by atoms with E-state index in [9.17, 15) is 14.9 Å². The summed E-state index contributed by atoms with van der Waals surface area (Å²) in [6, 6.07) is 4.24. The van der Waals surface area contributed by atoms with E-state index < -0.39 is 11.0 Å². The third-order valence-electron chi connectivity index (χ3n) is 2.05. The average Bonchev–Trinajstić information content (AvgIpc) is 2.35. The van der Waals surface area contributed by atoms with Crippen LogP contribution in [-0.2, 0) is 11.3 Å². The topological polar surface area (TPSA) is 90.7 Å². The van der Waals surface area contributed by atoms with Gasteiger partial charge >= 0.3 is 6.09 Å². The Morgan fingerprint density at radius 1 is 1.53 bits per heavy atom. The number of amides is 1. The van der Waals surface area contributed by atoms with Gasteiger partial charge in [0.2, 0.25) is 0 Å². The standard InChI is InChI=1S/C10H12N2O5/c1-11-10(13)17-6-7-5-8(16-2)3-4-9(7)12(14)15/h3-5H,6H2,1-2H3,(H,11,13). The quantitative estimate of drug-likeness (QED) is 0.635. The van der Waals surface area contributed by atoms with Gasteiger partial charge in [-0.25, -0.2) is 4.79 Å². The number of hydrogen-bond acceptors (Lipinski definition) is 5. The molecule has 0 aliphatic rings. The molecular formula is C10H12N2O5. The van der Waals surface area contributed by atoms with Crippen molar-refractivity contribution in [3.63, 3.8) is 0 Å². The van der Waals surface area contributed by atoms with Gasteiger partial charge < -0.3 is 14.8 Å². The van der Waals surface area contributed by atoms with Gasteiger partial charge in [0.05, 0.1) is 17.6 Å². The predicted octanol–water partition coefficient (Wildman–Crippen LogP) is 1.46. The number of benzene rings is 1. The van der Waals surface area contributed by atoms with Crippen LogP contribution in [-0.4, -0.2) is 25.2 Å². The fraction of sp³-hybridized carbons (Fsp3) is 0.300. The third-order valence-corrected chi connectivity index (χ3v) is 2.05. The summed E-state index contributed by atoms with van der Waals surface area (Å²) in [6.07, 6.45) is -0.651. The summed E-state index contributed by atoms with van der Waals surface area (Å²) >= 11 is 0. The zero-order chi connectivity index (χ0) is 12.8. The lowest BCUT2D eigenvalue weighted by molar-refractivity contribution is -0.385. The molecule has 0 bridgehead atoms. The summed E-state index contributed by atoms with van der Waals surface area (Å²) in [7, 11) is 2.85. The minimum atomic E-state index is -0.651. The highest BCUT2D eigenvalue weighted by atomic mass is 16.6. The Morgan fingerprint density at radius 2 is 2.24 bits per heavy atom. The second kappa shape index (κ2) is 5.69. The van der Waals surface area contributed by atoms with Gasteiger partial charge in [-0.3, -0.25) is 10.1 Å². The highest BCUT2D eigenvalue weighted by Crippen LogP contribution is 2.24. The van der Waals surface area contributed by atoms with E-state index in [1.54, 1.807) is 0 Å². The van der Waals surface area contributed by atoms with Crippen molar-refractivity contribution < 1.29 is 19.2 Å². The normalized spacial score (nSPS) is 9.53. The smallest absolute Gasteiger partial charge is 0.407 e. The maximum Gasteiger partial charge on any atom is 0.407 e. The number of nitro benzene ring substituents is 1. The number of alkyl carbamates (subject to hydrolysis) is 1. The molecule has 0 unspecified atom stereocenters. The first-order valence-corrected chi connectivity index (χ1v) is 4.74. The van der Waals surface area contributed by atoms with E-state index in [4.69, 9.17) is 9.47 Å². The molecule has 0 aliphatic carbocycles. The lowest BCUT2D eigenvalue weighted by Crippen LogP contribution is -2.19. The third kappa shape index (κ3) is 3.33. The molecule has 0 aromatic heterocycles. The fourth-order valence-electron chi connectivity index (χ4n) is 1.20. The molecule has 92 valence electrons. The lowest BCUT2D eigenvalue weighted by atomic mass is 10.2. The fourth-order valence-corrected chi connectivity index (χ4v) is 1.20. The highest BCUT2D eigenvalue weighted by Gasteiger charge is 2.15. The second-order valence-corrected chi connectivity index (χ2v) is 3.08. The molecule has 1 N–H and O–H groups in total. The van der Waals surface area contributed by atoms with Crippen LogP contribution in [0.2, 0.25) is 0 Å². The van der Waals surface area contributed by atoms with Crippen LogP contribution in [0.4, 0.5) is 10.5 Å². The van der Waals surface area contributed by atoms with Gasteiger partial charge in [-0.1, -0.05) is 0 Å². The number of nitrogens with zero attached hydrogens (tertiary/aromatic N) is 1. The Balaban J connectivity index is 2.93. The zero-order valence-electron chi connectivity index (χ0n) is 9.43. The van der Waals surface area contributed by atoms with Crippen LogP contribution < -0.4 is 10.1 Å². The number of carbonyl (C=O) groups excluding carboxylic acids is 1. The molecule has 0 saturated heterocycles. The first kappa shape index (κ1) is 12.8. The highest BCUT2D eigenvalue weighted by molar-refractivity contribution is 5.66. The number of carbonyl (C=O) groups is 1.